The standard InChI is InChI=1S/C14H17N5O4S/c1-19-17-12(16-18-19)9-24-8-11(13(20)21)15-14(22)23-7-10-5-3-2-4-6-10/h2-6,11H,7-9H2,1H3,(H,15,22)(H,20,21). The molecule has 24 heavy (non-hydrogen) atoms. The van der Waals surface area contributed by atoms with Gasteiger partial charge in [0, 0.05) is 5.75 Å². The summed E-state index contributed by atoms with van der Waals surface area (Å²) in [6.07, 6.45) is -0.774. The summed E-state index contributed by atoms with van der Waals surface area (Å²) in [5.74, 6) is -0.0728. The fraction of sp³-hybridized carbons (Fsp3) is 0.357. The lowest BCUT2D eigenvalue weighted by Gasteiger charge is -2.14. The number of tetrazole rings is 1. The van der Waals surface area contributed by atoms with Crippen LogP contribution in [0.2, 0.25) is 0 Å². The Bertz CT molecular complexity index is 679. The number of ether oxygens (including phenoxy) is 1. The number of nitrogens with zero attached hydrogens (tertiary/aromatic N) is 4. The summed E-state index contributed by atoms with van der Waals surface area (Å²) in [5.41, 5.74) is 0.822. The number of aryl methyl sites for hydroxylation is 1. The Morgan fingerprint density at radius 1 is 1.38 bits per heavy atom. The zero-order valence-electron chi connectivity index (χ0n) is 13.0. The molecule has 0 fully saturated rings. The fourth-order valence-corrected chi connectivity index (χ4v) is 2.61. The van der Waals surface area contributed by atoms with Crippen LogP contribution in [0.5, 0.6) is 0 Å². The van der Waals surface area contributed by atoms with Crippen LogP contribution in [-0.2, 0) is 28.9 Å². The highest BCUT2D eigenvalue weighted by atomic mass is 32.2. The number of alkyl carbamates (subject to hydrolysis) is 1. The number of nitrogens with one attached hydrogen (secondary N) is 1. The Morgan fingerprint density at radius 3 is 2.75 bits per heavy atom. The van der Waals surface area contributed by atoms with Crippen LogP contribution in [0.3, 0.4) is 0 Å². The zero-order valence-corrected chi connectivity index (χ0v) is 13.8. The van der Waals surface area contributed by atoms with Crippen LogP contribution in [0.1, 0.15) is 11.4 Å². The molecule has 1 atom stereocenters. The smallest absolute Gasteiger partial charge is 0.408 e. The lowest BCUT2D eigenvalue weighted by atomic mass is 10.2. The summed E-state index contributed by atoms with van der Waals surface area (Å²) >= 11 is 1.28. The molecule has 1 amide bonds. The van der Waals surface area contributed by atoms with E-state index in [1.165, 1.54) is 16.6 Å². The van der Waals surface area contributed by atoms with Gasteiger partial charge in [0.15, 0.2) is 5.82 Å². The van der Waals surface area contributed by atoms with Crippen molar-refractivity contribution < 1.29 is 19.4 Å². The van der Waals surface area contributed by atoms with Crippen LogP contribution >= 0.6 is 11.8 Å². The molecular formula is C14H17N5O4S. The summed E-state index contributed by atoms with van der Waals surface area (Å²) < 4.78 is 5.02. The van der Waals surface area contributed by atoms with Crippen LogP contribution in [0, 0.1) is 0 Å². The molecule has 0 bridgehead atoms. The maximum absolute atomic E-state index is 11.7. The summed E-state index contributed by atoms with van der Waals surface area (Å²) in [6, 6.07) is 8.07. The molecule has 1 unspecified atom stereocenters. The average molecular weight is 351 g/mol. The van der Waals surface area contributed by atoms with Crippen LogP contribution in [0.15, 0.2) is 30.3 Å². The van der Waals surface area contributed by atoms with Crippen LogP contribution < -0.4 is 5.32 Å². The molecule has 2 N–H and O–H groups in total. The van der Waals surface area contributed by atoms with Gasteiger partial charge in [-0.2, -0.15) is 16.6 Å². The molecule has 128 valence electrons. The number of carbonyl (C=O) groups is 2. The number of hydrogen-bond acceptors (Lipinski definition) is 7. The first-order valence-corrected chi connectivity index (χ1v) is 8.20. The maximum atomic E-state index is 11.7. The number of benzene rings is 1. The van der Waals surface area contributed by atoms with Crippen LogP contribution in [0.4, 0.5) is 4.79 Å². The highest BCUT2D eigenvalue weighted by Crippen LogP contribution is 2.09. The molecular weight excluding hydrogens is 334 g/mol. The normalized spacial score (nSPS) is 11.7. The molecule has 1 aromatic carbocycles. The van der Waals surface area contributed by atoms with Crippen molar-refractivity contribution in [2.75, 3.05) is 5.75 Å². The molecule has 2 rings (SSSR count). The van der Waals surface area contributed by atoms with Gasteiger partial charge in [-0.1, -0.05) is 30.3 Å². The largest absolute Gasteiger partial charge is 0.480 e. The molecule has 0 aliphatic rings. The monoisotopic (exact) mass is 351 g/mol. The lowest BCUT2D eigenvalue weighted by Crippen LogP contribution is -2.42. The van der Waals surface area contributed by atoms with E-state index in [0.717, 1.165) is 5.56 Å². The molecule has 2 aromatic rings. The summed E-state index contributed by atoms with van der Waals surface area (Å²) in [4.78, 5) is 24.3. The van der Waals surface area contributed by atoms with Gasteiger partial charge in [0.2, 0.25) is 0 Å². The van der Waals surface area contributed by atoms with Gasteiger partial charge in [-0.3, -0.25) is 0 Å². The van der Waals surface area contributed by atoms with Crippen molar-refractivity contribution in [3.63, 3.8) is 0 Å². The lowest BCUT2D eigenvalue weighted by molar-refractivity contribution is -0.138. The van der Waals surface area contributed by atoms with Crippen molar-refractivity contribution in [1.29, 1.82) is 0 Å². The van der Waals surface area contributed by atoms with Gasteiger partial charge in [0.1, 0.15) is 12.6 Å². The Morgan fingerprint density at radius 2 is 2.12 bits per heavy atom. The summed E-state index contributed by atoms with van der Waals surface area (Å²) in [7, 11) is 1.64. The van der Waals surface area contributed by atoms with Crippen molar-refractivity contribution in [3.8, 4) is 0 Å². The number of amides is 1. The number of carbonyl (C=O) groups excluding carboxylic acids is 1. The molecule has 1 aromatic heterocycles. The summed E-state index contributed by atoms with van der Waals surface area (Å²) in [6.45, 7) is 0.0790. The molecule has 10 heteroatoms. The third kappa shape index (κ3) is 5.88. The van der Waals surface area contributed by atoms with Gasteiger partial charge >= 0.3 is 12.1 Å². The first-order valence-electron chi connectivity index (χ1n) is 7.05. The maximum Gasteiger partial charge on any atom is 0.408 e. The number of carboxylic acids is 1. The van der Waals surface area contributed by atoms with Gasteiger partial charge in [-0.15, -0.1) is 10.2 Å². The van der Waals surface area contributed by atoms with Crippen LogP contribution in [-0.4, -0.2) is 49.2 Å². The Labute approximate surface area is 142 Å². The second-order valence-electron chi connectivity index (χ2n) is 4.81. The second-order valence-corrected chi connectivity index (χ2v) is 5.84. The van der Waals surface area contributed by atoms with Crippen molar-refractivity contribution in [2.45, 2.75) is 18.4 Å². The fourth-order valence-electron chi connectivity index (χ4n) is 1.73. The predicted octanol–water partition coefficient (Wildman–Crippen LogP) is 0.823. The minimum absolute atomic E-state index is 0.0790. The topological polar surface area (TPSA) is 119 Å². The second kappa shape index (κ2) is 8.87. The molecule has 0 radical (unpaired) electrons. The number of rotatable bonds is 8. The minimum atomic E-state index is -1.13. The Hall–Kier alpha value is -2.62. The van der Waals surface area contributed by atoms with E-state index in [4.69, 9.17) is 4.74 Å². The predicted molar refractivity (Wildman–Crippen MR) is 86.1 cm³/mol. The molecule has 0 aliphatic carbocycles. The molecule has 0 saturated heterocycles. The van der Waals surface area contributed by atoms with Crippen molar-refractivity contribution in [3.05, 3.63) is 41.7 Å². The van der Waals surface area contributed by atoms with Crippen molar-refractivity contribution in [2.24, 2.45) is 7.05 Å². The van der Waals surface area contributed by atoms with E-state index in [-0.39, 0.29) is 12.4 Å². The average Bonchev–Trinajstić information content (AvgIpc) is 2.98. The Balaban J connectivity index is 1.75. The number of carboxylic acid groups (broad SMARTS) is 1. The third-order valence-electron chi connectivity index (χ3n) is 2.87. The van der Waals surface area contributed by atoms with E-state index in [0.29, 0.717) is 11.6 Å². The van der Waals surface area contributed by atoms with E-state index < -0.39 is 18.1 Å². The molecule has 9 nitrogen and oxygen atoms in total. The SMILES string of the molecule is Cn1nnc(CSCC(NC(=O)OCc2ccccc2)C(=O)O)n1. The Kier molecular flexibility index (Phi) is 6.55. The first-order chi connectivity index (χ1) is 11.5. The van der Waals surface area contributed by atoms with E-state index >= 15 is 0 Å². The number of aliphatic carboxylic acids is 1. The van der Waals surface area contributed by atoms with E-state index in [9.17, 15) is 14.7 Å². The van der Waals surface area contributed by atoms with E-state index in [2.05, 4.69) is 20.7 Å². The van der Waals surface area contributed by atoms with Gasteiger partial charge < -0.3 is 15.2 Å². The number of aromatic nitrogens is 4. The number of thioether (sulfide) groups is 1. The first kappa shape index (κ1) is 17.7. The summed E-state index contributed by atoms with van der Waals surface area (Å²) in [5, 5.41) is 23.0. The van der Waals surface area contributed by atoms with Gasteiger partial charge in [-0.25, -0.2) is 9.59 Å². The minimum Gasteiger partial charge on any atom is -0.480 e. The highest BCUT2D eigenvalue weighted by molar-refractivity contribution is 7.98. The highest BCUT2D eigenvalue weighted by Gasteiger charge is 2.21. The van der Waals surface area contributed by atoms with Crippen LogP contribution in [0.25, 0.3) is 0 Å². The van der Waals surface area contributed by atoms with E-state index in [1.807, 2.05) is 30.3 Å². The van der Waals surface area contributed by atoms with Gasteiger partial charge in [0.25, 0.3) is 0 Å². The molecule has 0 saturated carbocycles. The number of hydrogen-bond donors (Lipinski definition) is 2. The molecule has 0 aliphatic heterocycles. The van der Waals surface area contributed by atoms with E-state index in [1.54, 1.807) is 7.05 Å². The third-order valence-corrected chi connectivity index (χ3v) is 3.90. The van der Waals surface area contributed by atoms with Crippen molar-refractivity contribution in [1.82, 2.24) is 25.5 Å². The van der Waals surface area contributed by atoms with Gasteiger partial charge in [0.05, 0.1) is 12.8 Å². The molecule has 1 heterocycles. The quantitative estimate of drug-likeness (QED) is 0.717. The zero-order chi connectivity index (χ0) is 17.4. The van der Waals surface area contributed by atoms with Crippen molar-refractivity contribution >= 4 is 23.8 Å². The molecule has 0 spiro atoms. The van der Waals surface area contributed by atoms with Gasteiger partial charge in [-0.05, 0) is 10.8 Å².